The number of aryl methyl sites for hydroxylation is 1. The number of hydrogen-bond acceptors (Lipinski definition) is 6. The lowest BCUT2D eigenvalue weighted by Gasteiger charge is -2.60. The summed E-state index contributed by atoms with van der Waals surface area (Å²) in [7, 11) is 1.78. The minimum atomic E-state index is -0.505. The van der Waals surface area contributed by atoms with E-state index < -0.39 is 11.0 Å². The Bertz CT molecular complexity index is 1370. The zero-order chi connectivity index (χ0) is 24.1. The third-order valence-electron chi connectivity index (χ3n) is 9.48. The van der Waals surface area contributed by atoms with Crippen LogP contribution in [0.4, 0.5) is 5.95 Å². The maximum Gasteiger partial charge on any atom is 0.330 e. The van der Waals surface area contributed by atoms with Crippen molar-refractivity contribution < 1.29 is 9.53 Å². The van der Waals surface area contributed by atoms with Gasteiger partial charge in [-0.2, -0.15) is 4.98 Å². The molecule has 6 aliphatic rings. The lowest BCUT2D eigenvalue weighted by molar-refractivity contribution is -0.151. The number of anilines is 1. The van der Waals surface area contributed by atoms with E-state index in [1.807, 2.05) is 4.57 Å². The van der Waals surface area contributed by atoms with E-state index in [2.05, 4.69) is 29.4 Å². The fourth-order valence-electron chi connectivity index (χ4n) is 8.28. The zero-order valence-electron chi connectivity index (χ0n) is 20.3. The molecule has 4 unspecified atom stereocenters. The molecule has 3 N–H and O–H groups in total. The van der Waals surface area contributed by atoms with Crippen LogP contribution in [0, 0.1) is 23.2 Å². The van der Waals surface area contributed by atoms with Crippen LogP contribution in [0.2, 0.25) is 0 Å². The van der Waals surface area contributed by atoms with Crippen molar-refractivity contribution in [2.45, 2.75) is 63.5 Å². The topological polar surface area (TPSA) is 117 Å². The van der Waals surface area contributed by atoms with Crippen LogP contribution < -0.4 is 16.7 Å². The predicted molar refractivity (Wildman–Crippen MR) is 130 cm³/mol. The van der Waals surface area contributed by atoms with E-state index in [9.17, 15) is 9.59 Å². The lowest BCUT2D eigenvalue weighted by atomic mass is 9.46. The number of nitrogens with one attached hydrogen (secondary N) is 1. The Morgan fingerprint density at radius 2 is 2.00 bits per heavy atom. The molecular weight excluding hydrogens is 444 g/mol. The highest BCUT2D eigenvalue weighted by Gasteiger charge is 2.61. The monoisotopic (exact) mass is 476 g/mol. The smallest absolute Gasteiger partial charge is 0.330 e. The number of ether oxygens (including phenoxy) is 1. The Balaban J connectivity index is 1.32. The maximum absolute atomic E-state index is 13.6. The van der Waals surface area contributed by atoms with Gasteiger partial charge in [0.05, 0.1) is 23.3 Å². The van der Waals surface area contributed by atoms with Crippen molar-refractivity contribution in [3.8, 4) is 0 Å². The summed E-state index contributed by atoms with van der Waals surface area (Å²) in [6.07, 6.45) is 12.5. The number of amides is 1. The van der Waals surface area contributed by atoms with Crippen molar-refractivity contribution >= 4 is 23.0 Å². The Labute approximate surface area is 203 Å². The van der Waals surface area contributed by atoms with Gasteiger partial charge in [-0.3, -0.25) is 13.9 Å². The van der Waals surface area contributed by atoms with Crippen LogP contribution in [0.1, 0.15) is 51.9 Å². The fraction of sp³-hybridized carbons (Fsp3) is 0.615. The SMILES string of the molecule is CC1=CC2OCCC2C=C1Nc1ncc2c(n1)n(C13CC4CC(CC(C(N)=O)(C4)C1)C3)c(=O)n2C. The van der Waals surface area contributed by atoms with Crippen LogP contribution in [0.25, 0.3) is 11.2 Å². The Kier molecular flexibility index (Phi) is 4.31. The third kappa shape index (κ3) is 2.96. The number of allylic oxidation sites excluding steroid dienone is 1. The molecule has 0 spiro atoms. The van der Waals surface area contributed by atoms with E-state index in [0.717, 1.165) is 56.4 Å². The summed E-state index contributed by atoms with van der Waals surface area (Å²) in [4.78, 5) is 35.7. The van der Waals surface area contributed by atoms with Gasteiger partial charge < -0.3 is 15.8 Å². The summed E-state index contributed by atoms with van der Waals surface area (Å²) >= 11 is 0. The standard InChI is InChI=1S/C26H32N6O3/c1-14-5-20-17(3-4-35-20)7-18(14)29-23-28-12-19-21(30-23)32(24(34)31(19)2)26-10-15-6-16(11-26)9-25(8-15,13-26)22(27)33/h5,7,12,15-17,20H,3-4,6,8-11,13H2,1-2H3,(H2,27,33)(H,28,29,30). The van der Waals surface area contributed by atoms with E-state index >= 15 is 0 Å². The molecule has 5 aliphatic carbocycles. The van der Waals surface area contributed by atoms with Crippen LogP contribution in [0.15, 0.2) is 34.4 Å². The van der Waals surface area contributed by atoms with Crippen molar-refractivity contribution in [1.29, 1.82) is 0 Å². The molecule has 184 valence electrons. The van der Waals surface area contributed by atoms with Crippen LogP contribution >= 0.6 is 0 Å². The molecule has 0 radical (unpaired) electrons. The van der Waals surface area contributed by atoms with Gasteiger partial charge in [-0.05, 0) is 69.3 Å². The van der Waals surface area contributed by atoms with Gasteiger partial charge in [-0.15, -0.1) is 0 Å². The number of nitrogens with zero attached hydrogens (tertiary/aromatic N) is 4. The van der Waals surface area contributed by atoms with Crippen molar-refractivity contribution in [3.63, 3.8) is 0 Å². The van der Waals surface area contributed by atoms with Gasteiger partial charge in [0.15, 0.2) is 5.65 Å². The third-order valence-corrected chi connectivity index (χ3v) is 9.48. The maximum atomic E-state index is 13.6. The van der Waals surface area contributed by atoms with Gasteiger partial charge in [0.2, 0.25) is 11.9 Å². The first-order valence-electron chi connectivity index (χ1n) is 12.8. The van der Waals surface area contributed by atoms with Crippen molar-refractivity contribution in [2.24, 2.45) is 36.0 Å². The highest BCUT2D eigenvalue weighted by Crippen LogP contribution is 2.64. The Morgan fingerprint density at radius 3 is 2.74 bits per heavy atom. The van der Waals surface area contributed by atoms with Crippen molar-refractivity contribution in [1.82, 2.24) is 19.1 Å². The highest BCUT2D eigenvalue weighted by molar-refractivity contribution is 5.82. The van der Waals surface area contributed by atoms with Crippen LogP contribution in [0.5, 0.6) is 0 Å². The number of fused-ring (bicyclic) bond motifs is 2. The van der Waals surface area contributed by atoms with Gasteiger partial charge in [0.25, 0.3) is 0 Å². The number of hydrogen-bond donors (Lipinski definition) is 2. The molecule has 9 nitrogen and oxygen atoms in total. The average Bonchev–Trinajstić information content (AvgIpc) is 3.34. The molecule has 8 rings (SSSR count). The molecule has 1 aliphatic heterocycles. The lowest BCUT2D eigenvalue weighted by Crippen LogP contribution is -2.61. The summed E-state index contributed by atoms with van der Waals surface area (Å²) < 4.78 is 9.33. The molecule has 4 saturated carbocycles. The second kappa shape index (κ2) is 7.06. The van der Waals surface area contributed by atoms with Gasteiger partial charge >= 0.3 is 5.69 Å². The van der Waals surface area contributed by atoms with Crippen LogP contribution in [-0.2, 0) is 22.1 Å². The van der Waals surface area contributed by atoms with Gasteiger partial charge in [-0.25, -0.2) is 9.78 Å². The molecule has 1 amide bonds. The van der Waals surface area contributed by atoms with Gasteiger partial charge in [0, 0.05) is 25.3 Å². The second-order valence-electron chi connectivity index (χ2n) is 11.8. The Morgan fingerprint density at radius 1 is 1.23 bits per heavy atom. The predicted octanol–water partition coefficient (Wildman–Crippen LogP) is 2.57. The quantitative estimate of drug-likeness (QED) is 0.701. The first-order chi connectivity index (χ1) is 16.8. The largest absolute Gasteiger partial charge is 0.373 e. The number of carbonyl (C=O) groups is 1. The van der Waals surface area contributed by atoms with Gasteiger partial charge in [-0.1, -0.05) is 12.2 Å². The summed E-state index contributed by atoms with van der Waals surface area (Å²) in [6.45, 7) is 2.84. The fourth-order valence-corrected chi connectivity index (χ4v) is 8.28. The molecule has 2 aromatic heterocycles. The van der Waals surface area contributed by atoms with Crippen molar-refractivity contribution in [3.05, 3.63) is 40.1 Å². The molecule has 2 aromatic rings. The zero-order valence-corrected chi connectivity index (χ0v) is 20.3. The summed E-state index contributed by atoms with van der Waals surface area (Å²) in [5.74, 6) is 1.47. The molecule has 9 heteroatoms. The number of nitrogens with two attached hydrogens (primary N) is 1. The van der Waals surface area contributed by atoms with E-state index in [1.54, 1.807) is 17.8 Å². The van der Waals surface area contributed by atoms with E-state index in [1.165, 1.54) is 0 Å². The summed E-state index contributed by atoms with van der Waals surface area (Å²) in [6, 6.07) is 0. The first-order valence-corrected chi connectivity index (χ1v) is 12.8. The second-order valence-corrected chi connectivity index (χ2v) is 11.8. The van der Waals surface area contributed by atoms with Gasteiger partial charge in [0.1, 0.15) is 5.52 Å². The van der Waals surface area contributed by atoms with E-state index in [0.29, 0.717) is 41.3 Å². The summed E-state index contributed by atoms with van der Waals surface area (Å²) in [5.41, 5.74) is 8.39. The molecule has 35 heavy (non-hydrogen) atoms. The normalized spacial score (nSPS) is 37.3. The number of rotatable bonds is 4. The molecule has 3 heterocycles. The number of imidazole rings is 1. The van der Waals surface area contributed by atoms with Crippen LogP contribution in [-0.4, -0.2) is 37.7 Å². The molecule has 4 bridgehead atoms. The molecular formula is C26H32N6O3. The Hall–Kier alpha value is -2.94. The number of primary amides is 1. The minimum Gasteiger partial charge on any atom is -0.373 e. The summed E-state index contributed by atoms with van der Waals surface area (Å²) in [5, 5.41) is 3.41. The van der Waals surface area contributed by atoms with Crippen molar-refractivity contribution in [2.75, 3.05) is 11.9 Å². The first kappa shape index (κ1) is 21.4. The molecule has 5 fully saturated rings. The highest BCUT2D eigenvalue weighted by atomic mass is 16.5. The number of carbonyl (C=O) groups excluding carboxylic acids is 1. The minimum absolute atomic E-state index is 0.0908. The van der Waals surface area contributed by atoms with Crippen LogP contribution in [0.3, 0.4) is 0 Å². The molecule has 4 atom stereocenters. The van der Waals surface area contributed by atoms with E-state index in [-0.39, 0.29) is 17.7 Å². The average molecular weight is 477 g/mol. The molecule has 1 saturated heterocycles. The number of aromatic nitrogens is 4. The molecule has 0 aromatic carbocycles. The van der Waals surface area contributed by atoms with E-state index in [4.69, 9.17) is 15.5 Å².